The Labute approximate surface area is 148 Å². The van der Waals surface area contributed by atoms with Crippen molar-refractivity contribution < 1.29 is 18.8 Å². The van der Waals surface area contributed by atoms with Crippen LogP contribution in [0.15, 0.2) is 34.9 Å². The average Bonchev–Trinajstić information content (AvgIpc) is 2.95. The molecule has 0 radical (unpaired) electrons. The Kier molecular flexibility index (Phi) is 6.07. The van der Waals surface area contributed by atoms with Gasteiger partial charge < -0.3 is 19.3 Å². The van der Waals surface area contributed by atoms with Crippen LogP contribution in [0.1, 0.15) is 46.1 Å². The van der Waals surface area contributed by atoms with Gasteiger partial charge in [0.25, 0.3) is 5.88 Å². The molecule has 0 fully saturated rings. The molecule has 25 heavy (non-hydrogen) atoms. The van der Waals surface area contributed by atoms with Crippen LogP contribution in [0, 0.1) is 0 Å². The third kappa shape index (κ3) is 5.52. The molecule has 0 atom stereocenters. The van der Waals surface area contributed by atoms with Crippen LogP contribution < -0.4 is 10.1 Å². The summed E-state index contributed by atoms with van der Waals surface area (Å²) in [4.78, 5) is 11.6. The van der Waals surface area contributed by atoms with Gasteiger partial charge in [-0.2, -0.15) is 0 Å². The molecule has 0 saturated heterocycles. The molecule has 0 saturated carbocycles. The molecule has 1 amide bonds. The number of hydrogen-bond donors (Lipinski definition) is 1. The molecule has 0 bridgehead atoms. The van der Waals surface area contributed by atoms with E-state index in [0.717, 1.165) is 11.1 Å². The van der Waals surface area contributed by atoms with Crippen LogP contribution >= 0.6 is 0 Å². The second-order valence-corrected chi connectivity index (χ2v) is 7.03. The molecule has 2 rings (SSSR count). The SMILES string of the molecule is CC(C)c1c(OCCNC(=O)OC(C)(C)C)noc1-c1ccccc1. The van der Waals surface area contributed by atoms with E-state index in [1.807, 2.05) is 51.1 Å². The number of hydrogen-bond acceptors (Lipinski definition) is 5. The van der Waals surface area contributed by atoms with Gasteiger partial charge in [0.05, 0.1) is 12.1 Å². The minimum Gasteiger partial charge on any atom is -0.473 e. The predicted molar refractivity (Wildman–Crippen MR) is 95.8 cm³/mol. The highest BCUT2D eigenvalue weighted by Gasteiger charge is 2.22. The van der Waals surface area contributed by atoms with E-state index in [1.54, 1.807) is 0 Å². The summed E-state index contributed by atoms with van der Waals surface area (Å²) in [6.07, 6.45) is -0.467. The fourth-order valence-corrected chi connectivity index (χ4v) is 2.31. The number of nitrogens with zero attached hydrogens (tertiary/aromatic N) is 1. The number of nitrogens with one attached hydrogen (secondary N) is 1. The van der Waals surface area contributed by atoms with Gasteiger partial charge in [-0.3, -0.25) is 0 Å². The lowest BCUT2D eigenvalue weighted by Gasteiger charge is -2.19. The molecule has 6 nitrogen and oxygen atoms in total. The van der Waals surface area contributed by atoms with Crippen molar-refractivity contribution >= 4 is 6.09 Å². The summed E-state index contributed by atoms with van der Waals surface area (Å²) in [6, 6.07) is 9.80. The van der Waals surface area contributed by atoms with Gasteiger partial charge >= 0.3 is 6.09 Å². The molecule has 1 heterocycles. The van der Waals surface area contributed by atoms with Gasteiger partial charge in [-0.05, 0) is 31.8 Å². The van der Waals surface area contributed by atoms with Crippen molar-refractivity contribution in [2.24, 2.45) is 0 Å². The van der Waals surface area contributed by atoms with Crippen molar-refractivity contribution in [2.45, 2.75) is 46.1 Å². The summed E-state index contributed by atoms with van der Waals surface area (Å²) >= 11 is 0. The third-order valence-corrected chi connectivity index (χ3v) is 3.32. The predicted octanol–water partition coefficient (Wildman–Crippen LogP) is 4.37. The monoisotopic (exact) mass is 346 g/mol. The normalized spacial score (nSPS) is 11.4. The molecule has 0 aliphatic heterocycles. The van der Waals surface area contributed by atoms with Crippen LogP contribution in [0.2, 0.25) is 0 Å². The Morgan fingerprint density at radius 3 is 2.52 bits per heavy atom. The summed E-state index contributed by atoms with van der Waals surface area (Å²) in [5.41, 5.74) is 1.36. The van der Waals surface area contributed by atoms with Crippen LogP contribution in [-0.2, 0) is 4.74 Å². The average molecular weight is 346 g/mol. The van der Waals surface area contributed by atoms with Crippen LogP contribution in [0.5, 0.6) is 5.88 Å². The Morgan fingerprint density at radius 2 is 1.92 bits per heavy atom. The molecular formula is C19H26N2O4. The number of rotatable bonds is 6. The standard InChI is InChI=1S/C19H26N2O4/c1-13(2)15-16(14-9-7-6-8-10-14)25-21-17(15)23-12-11-20-18(22)24-19(3,4)5/h6-10,13H,11-12H2,1-5H3,(H,20,22). The maximum atomic E-state index is 11.6. The van der Waals surface area contributed by atoms with Crippen LogP contribution in [0.3, 0.4) is 0 Å². The van der Waals surface area contributed by atoms with E-state index in [9.17, 15) is 4.79 Å². The molecule has 2 aromatic rings. The van der Waals surface area contributed by atoms with Gasteiger partial charge in [0.15, 0.2) is 5.76 Å². The lowest BCUT2D eigenvalue weighted by Crippen LogP contribution is -2.34. The fraction of sp³-hybridized carbons (Fsp3) is 0.474. The summed E-state index contributed by atoms with van der Waals surface area (Å²) in [7, 11) is 0. The fourth-order valence-electron chi connectivity index (χ4n) is 2.31. The summed E-state index contributed by atoms with van der Waals surface area (Å²) < 4.78 is 16.4. The number of carbonyl (C=O) groups is 1. The Balaban J connectivity index is 1.97. The Hall–Kier alpha value is -2.50. The van der Waals surface area contributed by atoms with Gasteiger partial charge in [0.2, 0.25) is 0 Å². The van der Waals surface area contributed by atoms with Gasteiger partial charge in [-0.1, -0.05) is 44.2 Å². The van der Waals surface area contributed by atoms with Crippen molar-refractivity contribution in [2.75, 3.05) is 13.2 Å². The summed E-state index contributed by atoms with van der Waals surface area (Å²) in [5, 5.41) is 6.70. The first-order chi connectivity index (χ1) is 11.8. The van der Waals surface area contributed by atoms with Crippen LogP contribution in [0.25, 0.3) is 11.3 Å². The van der Waals surface area contributed by atoms with Gasteiger partial charge in [0.1, 0.15) is 12.2 Å². The van der Waals surface area contributed by atoms with Crippen molar-refractivity contribution in [1.82, 2.24) is 10.5 Å². The minimum atomic E-state index is -0.521. The number of carbonyl (C=O) groups excluding carboxylic acids is 1. The molecule has 0 aliphatic rings. The molecule has 136 valence electrons. The summed E-state index contributed by atoms with van der Waals surface area (Å²) in [6.45, 7) is 10.2. The van der Waals surface area contributed by atoms with Crippen molar-refractivity contribution in [3.63, 3.8) is 0 Å². The molecule has 1 aromatic heterocycles. The maximum absolute atomic E-state index is 11.6. The molecule has 1 aromatic carbocycles. The molecule has 0 unspecified atom stereocenters. The van der Waals surface area contributed by atoms with Crippen molar-refractivity contribution in [3.8, 4) is 17.2 Å². The first-order valence-electron chi connectivity index (χ1n) is 8.42. The highest BCUT2D eigenvalue weighted by molar-refractivity contribution is 5.67. The van der Waals surface area contributed by atoms with Crippen LogP contribution in [0.4, 0.5) is 4.79 Å². The molecular weight excluding hydrogens is 320 g/mol. The quantitative estimate of drug-likeness (QED) is 0.786. The van der Waals surface area contributed by atoms with Crippen molar-refractivity contribution in [1.29, 1.82) is 0 Å². The topological polar surface area (TPSA) is 73.6 Å². The zero-order valence-corrected chi connectivity index (χ0v) is 15.5. The first-order valence-corrected chi connectivity index (χ1v) is 8.42. The lowest BCUT2D eigenvalue weighted by molar-refractivity contribution is 0.0519. The van der Waals surface area contributed by atoms with E-state index in [2.05, 4.69) is 24.3 Å². The van der Waals surface area contributed by atoms with E-state index in [4.69, 9.17) is 14.0 Å². The van der Waals surface area contributed by atoms with Gasteiger partial charge in [-0.15, -0.1) is 0 Å². The smallest absolute Gasteiger partial charge is 0.407 e. The third-order valence-electron chi connectivity index (χ3n) is 3.32. The number of benzene rings is 1. The number of amides is 1. The van der Waals surface area contributed by atoms with Gasteiger partial charge in [0, 0.05) is 5.56 Å². The van der Waals surface area contributed by atoms with E-state index in [0.29, 0.717) is 18.2 Å². The van der Waals surface area contributed by atoms with E-state index < -0.39 is 11.7 Å². The second kappa shape index (κ2) is 8.05. The summed E-state index contributed by atoms with van der Waals surface area (Å²) in [5.74, 6) is 1.36. The highest BCUT2D eigenvalue weighted by Crippen LogP contribution is 2.35. The lowest BCUT2D eigenvalue weighted by atomic mass is 10.00. The number of alkyl carbamates (subject to hydrolysis) is 1. The van der Waals surface area contributed by atoms with Gasteiger partial charge in [-0.25, -0.2) is 4.79 Å². The minimum absolute atomic E-state index is 0.190. The highest BCUT2D eigenvalue weighted by atomic mass is 16.6. The number of ether oxygens (including phenoxy) is 2. The first kappa shape index (κ1) is 18.8. The van der Waals surface area contributed by atoms with E-state index >= 15 is 0 Å². The zero-order chi connectivity index (χ0) is 18.4. The van der Waals surface area contributed by atoms with Crippen molar-refractivity contribution in [3.05, 3.63) is 35.9 Å². The van der Waals surface area contributed by atoms with E-state index in [1.165, 1.54) is 0 Å². The van der Waals surface area contributed by atoms with E-state index in [-0.39, 0.29) is 12.5 Å². The molecule has 6 heteroatoms. The molecule has 1 N–H and O–H groups in total. The molecule has 0 aliphatic carbocycles. The maximum Gasteiger partial charge on any atom is 0.407 e. The van der Waals surface area contributed by atoms with Crippen LogP contribution in [-0.4, -0.2) is 30.0 Å². The number of aromatic nitrogens is 1. The molecule has 0 spiro atoms. The Morgan fingerprint density at radius 1 is 1.24 bits per heavy atom. The second-order valence-electron chi connectivity index (χ2n) is 7.03. The largest absolute Gasteiger partial charge is 0.473 e. The Bertz CT molecular complexity index is 687. The zero-order valence-electron chi connectivity index (χ0n) is 15.5.